The SMILES string of the molecule is CC(OC(=O)OC(C)(C)C)C(=O)O[C@H](C(=O)OC1=CC[C@@]2(O)[C@H]3Cc4ccc(OC(=O)OC(C)(C)C)c5c4[C@@]2(CCN3C)[C@H]1O5)c1ccccc1. The van der Waals surface area contributed by atoms with Crippen molar-refractivity contribution in [3.05, 3.63) is 71.0 Å². The van der Waals surface area contributed by atoms with Gasteiger partial charge >= 0.3 is 24.2 Å². The van der Waals surface area contributed by atoms with E-state index >= 15 is 0 Å². The maximum absolute atomic E-state index is 14.1. The summed E-state index contributed by atoms with van der Waals surface area (Å²) in [5.41, 5.74) is -2.08. The zero-order valence-electron chi connectivity index (χ0n) is 30.1. The Morgan fingerprint density at radius 3 is 2.24 bits per heavy atom. The molecule has 2 heterocycles. The quantitative estimate of drug-likeness (QED) is 0.221. The van der Waals surface area contributed by atoms with Crippen molar-refractivity contribution in [2.24, 2.45) is 0 Å². The molecule has 2 aromatic carbocycles. The highest BCUT2D eigenvalue weighted by Crippen LogP contribution is 2.65. The summed E-state index contributed by atoms with van der Waals surface area (Å²) in [5, 5.41) is 12.6. The molecule has 0 amide bonds. The third-order valence-corrected chi connectivity index (χ3v) is 9.68. The van der Waals surface area contributed by atoms with Crippen LogP contribution >= 0.6 is 0 Å². The van der Waals surface area contributed by atoms with Crippen LogP contribution in [-0.4, -0.2) is 82.9 Å². The monoisotopic (exact) mass is 707 g/mol. The van der Waals surface area contributed by atoms with E-state index in [0.29, 0.717) is 30.5 Å². The summed E-state index contributed by atoms with van der Waals surface area (Å²) in [6.07, 6.45) is -3.19. The van der Waals surface area contributed by atoms with E-state index in [4.69, 9.17) is 33.2 Å². The van der Waals surface area contributed by atoms with E-state index in [9.17, 15) is 24.3 Å². The van der Waals surface area contributed by atoms with Gasteiger partial charge in [-0.25, -0.2) is 19.2 Å². The first-order valence-electron chi connectivity index (χ1n) is 17.1. The molecule has 2 aliphatic heterocycles. The molecular formula is C38H45NO12. The molecule has 2 aliphatic carbocycles. The van der Waals surface area contributed by atoms with Crippen molar-refractivity contribution in [2.45, 2.75) is 114 Å². The number of likely N-dealkylation sites (tertiary alicyclic amines) is 1. The third-order valence-electron chi connectivity index (χ3n) is 9.68. The van der Waals surface area contributed by atoms with Crippen LogP contribution in [0.4, 0.5) is 9.59 Å². The number of hydrogen-bond donors (Lipinski definition) is 1. The number of carbonyl (C=O) groups is 4. The first-order chi connectivity index (χ1) is 23.8. The Hall–Kier alpha value is -4.62. The van der Waals surface area contributed by atoms with E-state index < -0.39 is 64.8 Å². The molecule has 1 N–H and O–H groups in total. The van der Waals surface area contributed by atoms with Crippen LogP contribution in [0.5, 0.6) is 11.5 Å². The Morgan fingerprint density at radius 1 is 0.902 bits per heavy atom. The molecular weight excluding hydrogens is 662 g/mol. The number of rotatable bonds is 7. The number of benzene rings is 2. The number of esters is 2. The molecule has 13 heteroatoms. The van der Waals surface area contributed by atoms with Gasteiger partial charge in [-0.1, -0.05) is 36.4 Å². The zero-order valence-corrected chi connectivity index (χ0v) is 30.1. The third kappa shape index (κ3) is 6.64. The van der Waals surface area contributed by atoms with Crippen LogP contribution in [0.15, 0.2) is 54.3 Å². The van der Waals surface area contributed by atoms with Gasteiger partial charge in [-0.2, -0.15) is 0 Å². The van der Waals surface area contributed by atoms with Gasteiger partial charge in [-0.3, -0.25) is 0 Å². The molecule has 4 aliphatic rings. The fourth-order valence-electron chi connectivity index (χ4n) is 7.60. The lowest BCUT2D eigenvalue weighted by Crippen LogP contribution is -2.74. The Kier molecular flexibility index (Phi) is 9.12. The highest BCUT2D eigenvalue weighted by atomic mass is 16.7. The standard InChI is InChI=1S/C38H45NO12/c1-21(45-33(42)50-35(2,3)4)31(40)49-28(22-12-10-9-11-13-22)32(41)46-25-16-17-38(44)26-20-23-14-15-24(47-34(43)51-36(5,6)7)29-27(23)37(38,30(25)48-29)18-19-39(26)8/h9-16,21,26,28,30,44H,17-20H2,1-8H3/t21?,26-,28+,30+,37+,38-/m1/s1. The maximum atomic E-state index is 14.1. The van der Waals surface area contributed by atoms with Gasteiger partial charge in [0.25, 0.3) is 0 Å². The molecule has 6 rings (SSSR count). The van der Waals surface area contributed by atoms with Gasteiger partial charge in [0.05, 0.1) is 11.0 Å². The van der Waals surface area contributed by atoms with Crippen molar-refractivity contribution >= 4 is 24.2 Å². The van der Waals surface area contributed by atoms with Crippen LogP contribution < -0.4 is 9.47 Å². The lowest BCUT2D eigenvalue weighted by atomic mass is 9.50. The Labute approximate surface area is 296 Å². The molecule has 1 unspecified atom stereocenters. The maximum Gasteiger partial charge on any atom is 0.514 e. The van der Waals surface area contributed by atoms with Crippen LogP contribution in [0.2, 0.25) is 0 Å². The Balaban J connectivity index is 1.31. The average molecular weight is 708 g/mol. The predicted molar refractivity (Wildman–Crippen MR) is 180 cm³/mol. The van der Waals surface area contributed by atoms with E-state index in [-0.39, 0.29) is 29.7 Å². The van der Waals surface area contributed by atoms with Crippen LogP contribution in [0.3, 0.4) is 0 Å². The molecule has 13 nitrogen and oxygen atoms in total. The van der Waals surface area contributed by atoms with E-state index in [1.165, 1.54) is 6.92 Å². The summed E-state index contributed by atoms with van der Waals surface area (Å²) in [4.78, 5) is 54.4. The number of nitrogens with zero attached hydrogens (tertiary/aromatic N) is 1. The summed E-state index contributed by atoms with van der Waals surface area (Å²) in [7, 11) is 1.97. The lowest BCUT2D eigenvalue weighted by Gasteiger charge is -2.61. The fraction of sp³-hybridized carbons (Fsp3) is 0.526. The van der Waals surface area contributed by atoms with Crippen molar-refractivity contribution in [3.63, 3.8) is 0 Å². The van der Waals surface area contributed by atoms with Gasteiger partial charge in [0.15, 0.2) is 23.7 Å². The van der Waals surface area contributed by atoms with Gasteiger partial charge in [0, 0.05) is 23.6 Å². The minimum Gasteiger partial charge on any atom is -0.477 e. The number of likely N-dealkylation sites (N-methyl/N-ethyl adjacent to an activating group) is 1. The van der Waals surface area contributed by atoms with Crippen molar-refractivity contribution in [2.75, 3.05) is 13.6 Å². The van der Waals surface area contributed by atoms with Crippen LogP contribution in [0.25, 0.3) is 0 Å². The second-order valence-corrected chi connectivity index (χ2v) is 15.5. The van der Waals surface area contributed by atoms with Gasteiger partial charge in [-0.05, 0) is 92.6 Å². The van der Waals surface area contributed by atoms with E-state index in [0.717, 1.165) is 5.56 Å². The lowest BCUT2D eigenvalue weighted by molar-refractivity contribution is -0.179. The number of carbonyl (C=O) groups excluding carboxylic acids is 4. The zero-order chi connectivity index (χ0) is 37.1. The molecule has 2 bridgehead atoms. The highest BCUT2D eigenvalue weighted by molar-refractivity contribution is 5.84. The largest absolute Gasteiger partial charge is 0.514 e. The van der Waals surface area contributed by atoms with Gasteiger partial charge < -0.3 is 43.2 Å². The summed E-state index contributed by atoms with van der Waals surface area (Å²) in [6.45, 7) is 12.1. The second-order valence-electron chi connectivity index (χ2n) is 15.5. The minimum absolute atomic E-state index is 0.118. The Morgan fingerprint density at radius 2 is 1.57 bits per heavy atom. The minimum atomic E-state index is -1.55. The molecule has 1 fully saturated rings. The molecule has 0 saturated carbocycles. The fourth-order valence-corrected chi connectivity index (χ4v) is 7.60. The molecule has 2 aromatic rings. The topological polar surface area (TPSA) is 156 Å². The predicted octanol–water partition coefficient (Wildman–Crippen LogP) is 5.45. The van der Waals surface area contributed by atoms with E-state index in [1.54, 1.807) is 84.0 Å². The molecule has 1 saturated heterocycles. The Bertz CT molecular complexity index is 1760. The molecule has 51 heavy (non-hydrogen) atoms. The molecule has 1 spiro atoms. The molecule has 6 atom stereocenters. The van der Waals surface area contributed by atoms with E-state index in [2.05, 4.69) is 4.90 Å². The summed E-state index contributed by atoms with van der Waals surface area (Å²) < 4.78 is 39.6. The first-order valence-corrected chi connectivity index (χ1v) is 17.1. The normalized spacial score (nSPS) is 25.9. The molecule has 0 aromatic heterocycles. The summed E-state index contributed by atoms with van der Waals surface area (Å²) in [5.74, 6) is -1.42. The van der Waals surface area contributed by atoms with Crippen LogP contribution in [0, 0.1) is 0 Å². The number of ether oxygens (including phenoxy) is 7. The van der Waals surface area contributed by atoms with E-state index in [1.807, 2.05) is 13.1 Å². The number of piperidine rings is 1. The summed E-state index contributed by atoms with van der Waals surface area (Å²) >= 11 is 0. The van der Waals surface area contributed by atoms with Gasteiger partial charge in [0.1, 0.15) is 17.0 Å². The highest BCUT2D eigenvalue weighted by Gasteiger charge is 2.72. The number of aliphatic hydroxyl groups is 1. The van der Waals surface area contributed by atoms with Crippen LogP contribution in [-0.2, 0) is 45.1 Å². The molecule has 274 valence electrons. The van der Waals surface area contributed by atoms with Crippen LogP contribution in [0.1, 0.15) is 84.1 Å². The van der Waals surface area contributed by atoms with Gasteiger partial charge in [-0.15, -0.1) is 0 Å². The van der Waals surface area contributed by atoms with Gasteiger partial charge in [0.2, 0.25) is 6.10 Å². The first kappa shape index (κ1) is 36.2. The average Bonchev–Trinajstić information content (AvgIpc) is 3.38. The number of hydrogen-bond acceptors (Lipinski definition) is 13. The van der Waals surface area contributed by atoms with Crippen molar-refractivity contribution < 1.29 is 57.4 Å². The van der Waals surface area contributed by atoms with Crippen molar-refractivity contribution in [1.82, 2.24) is 4.90 Å². The smallest absolute Gasteiger partial charge is 0.477 e. The van der Waals surface area contributed by atoms with Crippen molar-refractivity contribution in [1.29, 1.82) is 0 Å². The van der Waals surface area contributed by atoms with Crippen molar-refractivity contribution in [3.8, 4) is 11.5 Å². The summed E-state index contributed by atoms with van der Waals surface area (Å²) in [6, 6.07) is 11.5. The second kappa shape index (κ2) is 12.9. The molecule has 0 radical (unpaired) electrons.